The standard InChI is InChI=1S/C15H10BrCl2NO3/c16-10-4-5-13(9(6-10)7-20)22-8-14(21)19-15-11(17)2-1-3-12(15)18/h1-7H,8H2,(H,19,21). The van der Waals surface area contributed by atoms with Crippen molar-refractivity contribution in [2.75, 3.05) is 11.9 Å². The summed E-state index contributed by atoms with van der Waals surface area (Å²) < 4.78 is 6.09. The molecule has 0 aliphatic carbocycles. The molecule has 0 aliphatic rings. The van der Waals surface area contributed by atoms with Crippen molar-refractivity contribution in [2.45, 2.75) is 0 Å². The summed E-state index contributed by atoms with van der Waals surface area (Å²) in [6, 6.07) is 9.82. The zero-order valence-electron chi connectivity index (χ0n) is 11.1. The van der Waals surface area contributed by atoms with Crippen LogP contribution < -0.4 is 10.1 Å². The van der Waals surface area contributed by atoms with Gasteiger partial charge in [0.1, 0.15) is 5.75 Å². The van der Waals surface area contributed by atoms with Crippen LogP contribution in [0, 0.1) is 0 Å². The van der Waals surface area contributed by atoms with Gasteiger partial charge < -0.3 is 10.1 Å². The average molecular weight is 403 g/mol. The summed E-state index contributed by atoms with van der Waals surface area (Å²) in [7, 11) is 0. The minimum Gasteiger partial charge on any atom is -0.483 e. The lowest BCUT2D eigenvalue weighted by Gasteiger charge is -2.11. The number of amides is 1. The fraction of sp³-hybridized carbons (Fsp3) is 0.0667. The lowest BCUT2D eigenvalue weighted by molar-refractivity contribution is -0.118. The first-order valence-corrected chi connectivity index (χ1v) is 7.67. The van der Waals surface area contributed by atoms with Crippen molar-refractivity contribution >= 4 is 57.0 Å². The number of para-hydroxylation sites is 1. The van der Waals surface area contributed by atoms with Crippen LogP contribution in [-0.2, 0) is 4.79 Å². The van der Waals surface area contributed by atoms with Crippen LogP contribution in [-0.4, -0.2) is 18.8 Å². The fourth-order valence-electron chi connectivity index (χ4n) is 1.68. The molecule has 7 heteroatoms. The number of hydrogen-bond donors (Lipinski definition) is 1. The lowest BCUT2D eigenvalue weighted by atomic mass is 10.2. The van der Waals surface area contributed by atoms with Gasteiger partial charge in [-0.05, 0) is 30.3 Å². The average Bonchev–Trinajstić information content (AvgIpc) is 2.49. The van der Waals surface area contributed by atoms with E-state index < -0.39 is 5.91 Å². The number of carbonyl (C=O) groups is 2. The Morgan fingerprint density at radius 3 is 2.55 bits per heavy atom. The van der Waals surface area contributed by atoms with E-state index in [1.165, 1.54) is 0 Å². The van der Waals surface area contributed by atoms with Gasteiger partial charge in [0.15, 0.2) is 12.9 Å². The minimum atomic E-state index is -0.435. The molecule has 2 aromatic rings. The van der Waals surface area contributed by atoms with Crippen LogP contribution in [0.15, 0.2) is 40.9 Å². The molecular weight excluding hydrogens is 393 g/mol. The Labute approximate surface area is 145 Å². The van der Waals surface area contributed by atoms with E-state index in [0.717, 1.165) is 4.47 Å². The van der Waals surface area contributed by atoms with E-state index in [9.17, 15) is 9.59 Å². The van der Waals surface area contributed by atoms with Crippen molar-refractivity contribution in [2.24, 2.45) is 0 Å². The van der Waals surface area contributed by atoms with Crippen molar-refractivity contribution in [3.05, 3.63) is 56.5 Å². The Morgan fingerprint density at radius 1 is 1.23 bits per heavy atom. The highest BCUT2D eigenvalue weighted by atomic mass is 79.9. The second kappa shape index (κ2) is 7.63. The van der Waals surface area contributed by atoms with Crippen LogP contribution in [0.4, 0.5) is 5.69 Å². The molecule has 0 saturated heterocycles. The molecule has 4 nitrogen and oxygen atoms in total. The zero-order chi connectivity index (χ0) is 16.1. The Morgan fingerprint density at radius 2 is 1.91 bits per heavy atom. The van der Waals surface area contributed by atoms with E-state index in [-0.39, 0.29) is 6.61 Å². The monoisotopic (exact) mass is 401 g/mol. The molecule has 0 radical (unpaired) electrons. The molecule has 0 unspecified atom stereocenters. The molecule has 0 fully saturated rings. The van der Waals surface area contributed by atoms with E-state index in [2.05, 4.69) is 21.2 Å². The van der Waals surface area contributed by atoms with Crippen molar-refractivity contribution in [3.63, 3.8) is 0 Å². The van der Waals surface area contributed by atoms with Gasteiger partial charge in [-0.25, -0.2) is 0 Å². The van der Waals surface area contributed by atoms with Gasteiger partial charge in [0.25, 0.3) is 5.91 Å². The van der Waals surface area contributed by atoms with Crippen LogP contribution in [0.5, 0.6) is 5.75 Å². The number of halogens is 3. The number of rotatable bonds is 5. The van der Waals surface area contributed by atoms with Gasteiger partial charge in [-0.15, -0.1) is 0 Å². The van der Waals surface area contributed by atoms with Gasteiger partial charge in [0, 0.05) is 4.47 Å². The second-order valence-corrected chi connectivity index (χ2v) is 5.96. The third-order valence-corrected chi connectivity index (χ3v) is 3.81. The Balaban J connectivity index is 2.03. The predicted octanol–water partition coefficient (Wildman–Crippen LogP) is 4.59. The summed E-state index contributed by atoms with van der Waals surface area (Å²) in [4.78, 5) is 22.9. The number of ether oxygens (including phenoxy) is 1. The predicted molar refractivity (Wildman–Crippen MR) is 90.1 cm³/mol. The number of benzene rings is 2. The third-order valence-electron chi connectivity index (χ3n) is 2.68. The maximum atomic E-state index is 11.9. The molecule has 0 aromatic heterocycles. The molecule has 1 amide bonds. The third kappa shape index (κ3) is 4.22. The number of carbonyl (C=O) groups excluding carboxylic acids is 2. The first-order chi connectivity index (χ1) is 10.5. The molecule has 0 aliphatic heterocycles. The van der Waals surface area contributed by atoms with Gasteiger partial charge in [-0.1, -0.05) is 45.2 Å². The zero-order valence-corrected chi connectivity index (χ0v) is 14.2. The molecular formula is C15H10BrCl2NO3. The smallest absolute Gasteiger partial charge is 0.262 e. The number of anilines is 1. The van der Waals surface area contributed by atoms with E-state index >= 15 is 0 Å². The Kier molecular flexibility index (Phi) is 5.83. The highest BCUT2D eigenvalue weighted by Gasteiger charge is 2.11. The van der Waals surface area contributed by atoms with Crippen LogP contribution in [0.3, 0.4) is 0 Å². The van der Waals surface area contributed by atoms with Crippen LogP contribution >= 0.6 is 39.1 Å². The Hall–Kier alpha value is -1.56. The largest absolute Gasteiger partial charge is 0.483 e. The Bertz CT molecular complexity index is 702. The van der Waals surface area contributed by atoms with E-state index in [0.29, 0.717) is 33.3 Å². The molecule has 0 heterocycles. The topological polar surface area (TPSA) is 55.4 Å². The second-order valence-electron chi connectivity index (χ2n) is 4.23. The van der Waals surface area contributed by atoms with E-state index in [1.54, 1.807) is 36.4 Å². The highest BCUT2D eigenvalue weighted by molar-refractivity contribution is 9.10. The fourth-order valence-corrected chi connectivity index (χ4v) is 2.55. The number of aldehydes is 1. The number of nitrogens with one attached hydrogen (secondary N) is 1. The molecule has 2 rings (SSSR count). The lowest BCUT2D eigenvalue weighted by Crippen LogP contribution is -2.21. The summed E-state index contributed by atoms with van der Waals surface area (Å²) in [5, 5.41) is 3.24. The van der Waals surface area contributed by atoms with Gasteiger partial charge >= 0.3 is 0 Å². The SMILES string of the molecule is O=Cc1cc(Br)ccc1OCC(=O)Nc1c(Cl)cccc1Cl. The summed E-state index contributed by atoms with van der Waals surface area (Å²) in [6.07, 6.45) is 0.656. The maximum absolute atomic E-state index is 11.9. The molecule has 1 N–H and O–H groups in total. The highest BCUT2D eigenvalue weighted by Crippen LogP contribution is 2.29. The molecule has 0 spiro atoms. The van der Waals surface area contributed by atoms with Gasteiger partial charge in [0.05, 0.1) is 21.3 Å². The molecule has 0 atom stereocenters. The van der Waals surface area contributed by atoms with Crippen molar-refractivity contribution in [1.29, 1.82) is 0 Å². The van der Waals surface area contributed by atoms with E-state index in [4.69, 9.17) is 27.9 Å². The van der Waals surface area contributed by atoms with Crippen LogP contribution in [0.25, 0.3) is 0 Å². The molecule has 2 aromatic carbocycles. The maximum Gasteiger partial charge on any atom is 0.262 e. The normalized spacial score (nSPS) is 10.1. The van der Waals surface area contributed by atoms with Crippen LogP contribution in [0.1, 0.15) is 10.4 Å². The van der Waals surface area contributed by atoms with Crippen molar-refractivity contribution in [3.8, 4) is 5.75 Å². The summed E-state index contributed by atoms with van der Waals surface area (Å²) in [5.74, 6) is -0.117. The first-order valence-electron chi connectivity index (χ1n) is 6.12. The summed E-state index contributed by atoms with van der Waals surface area (Å²) >= 11 is 15.2. The molecule has 0 saturated carbocycles. The van der Waals surface area contributed by atoms with Crippen LogP contribution in [0.2, 0.25) is 10.0 Å². The quantitative estimate of drug-likeness (QED) is 0.744. The number of hydrogen-bond acceptors (Lipinski definition) is 3. The minimum absolute atomic E-state index is 0.274. The van der Waals surface area contributed by atoms with Gasteiger partial charge in [-0.2, -0.15) is 0 Å². The van der Waals surface area contributed by atoms with E-state index in [1.807, 2.05) is 0 Å². The molecule has 114 valence electrons. The molecule has 0 bridgehead atoms. The van der Waals surface area contributed by atoms with Gasteiger partial charge in [-0.3, -0.25) is 9.59 Å². The molecule has 22 heavy (non-hydrogen) atoms. The van der Waals surface area contributed by atoms with Crippen molar-refractivity contribution < 1.29 is 14.3 Å². The first kappa shape index (κ1) is 16.8. The van der Waals surface area contributed by atoms with Crippen molar-refractivity contribution in [1.82, 2.24) is 0 Å². The van der Waals surface area contributed by atoms with Gasteiger partial charge in [0.2, 0.25) is 0 Å². The summed E-state index contributed by atoms with van der Waals surface area (Å²) in [5.41, 5.74) is 0.670. The summed E-state index contributed by atoms with van der Waals surface area (Å²) in [6.45, 7) is -0.274.